The van der Waals surface area contributed by atoms with Gasteiger partial charge in [0.25, 0.3) is 0 Å². The third-order valence-electron chi connectivity index (χ3n) is 6.35. The number of hydrogen-bond donors (Lipinski definition) is 6. The van der Waals surface area contributed by atoms with Crippen LogP contribution in [0.2, 0.25) is 0 Å². The lowest BCUT2D eigenvalue weighted by molar-refractivity contribution is -0.134. The zero-order valence-electron chi connectivity index (χ0n) is 23.7. The minimum absolute atomic E-state index is 0.0501. The summed E-state index contributed by atoms with van der Waals surface area (Å²) in [4.78, 5) is 51.7. The molecule has 0 aliphatic rings. The summed E-state index contributed by atoms with van der Waals surface area (Å²) >= 11 is 0. The highest BCUT2D eigenvalue weighted by atomic mass is 16.3. The molecule has 4 amide bonds. The molecule has 8 N–H and O–H groups in total. The molecule has 2 rings (SSSR count). The first-order chi connectivity index (χ1) is 18.8. The van der Waals surface area contributed by atoms with Gasteiger partial charge in [-0.1, -0.05) is 70.2 Å². The maximum Gasteiger partial charge on any atom is 0.243 e. The number of hydrogen-bond acceptors (Lipinski definition) is 6. The summed E-state index contributed by atoms with van der Waals surface area (Å²) in [6, 6.07) is 11.8. The lowest BCUT2D eigenvalue weighted by atomic mass is 9.98. The molecule has 0 heterocycles. The molecule has 0 fully saturated rings. The van der Waals surface area contributed by atoms with Crippen LogP contribution < -0.4 is 27.4 Å². The molecule has 40 heavy (non-hydrogen) atoms. The van der Waals surface area contributed by atoms with Crippen molar-refractivity contribution in [2.75, 3.05) is 0 Å². The van der Waals surface area contributed by atoms with E-state index in [1.165, 1.54) is 12.1 Å². The van der Waals surface area contributed by atoms with Gasteiger partial charge in [0.15, 0.2) is 0 Å². The van der Waals surface area contributed by atoms with Crippen LogP contribution in [-0.4, -0.2) is 52.9 Å². The standard InChI is InChI=1S/C30H43N5O5/c1-18(2)14-25(34-28(38)23(31)16-21-10-12-22(36)13-11-21)30(40)35-26(15-19(3)4)29(39)33-24(27(32)37)17-20-8-6-5-7-9-20/h5-13,18-19,23-26,36H,14-17,31H2,1-4H3,(H2,32,37)(H,33,39)(H,34,38)(H,35,40)/t23-,24-,25+,26-/m0/s1. The molecule has 0 aliphatic heterocycles. The molecule has 0 bridgehead atoms. The van der Waals surface area contributed by atoms with E-state index < -0.39 is 47.8 Å². The van der Waals surface area contributed by atoms with Crippen molar-refractivity contribution in [1.82, 2.24) is 16.0 Å². The Balaban J connectivity index is 2.12. The van der Waals surface area contributed by atoms with Crippen molar-refractivity contribution in [3.63, 3.8) is 0 Å². The average Bonchev–Trinajstić information content (AvgIpc) is 2.88. The Morgan fingerprint density at radius 2 is 1.12 bits per heavy atom. The highest BCUT2D eigenvalue weighted by molar-refractivity contribution is 5.94. The molecule has 4 atom stereocenters. The van der Waals surface area contributed by atoms with E-state index in [0.29, 0.717) is 12.8 Å². The molecular formula is C30H43N5O5. The van der Waals surface area contributed by atoms with E-state index >= 15 is 0 Å². The molecule has 218 valence electrons. The number of phenolic OH excluding ortho intramolecular Hbond substituents is 1. The van der Waals surface area contributed by atoms with Crippen LogP contribution in [0, 0.1) is 11.8 Å². The molecule has 10 heteroatoms. The number of benzene rings is 2. The van der Waals surface area contributed by atoms with Crippen molar-refractivity contribution in [3.05, 3.63) is 65.7 Å². The number of amides is 4. The van der Waals surface area contributed by atoms with Gasteiger partial charge < -0.3 is 32.5 Å². The Labute approximate surface area is 236 Å². The lowest BCUT2D eigenvalue weighted by Crippen LogP contribution is -2.58. The van der Waals surface area contributed by atoms with Crippen LogP contribution in [0.15, 0.2) is 54.6 Å². The number of nitrogens with one attached hydrogen (secondary N) is 3. The second-order valence-electron chi connectivity index (χ2n) is 11.0. The minimum atomic E-state index is -0.953. The van der Waals surface area contributed by atoms with Crippen LogP contribution in [0.4, 0.5) is 0 Å². The predicted molar refractivity (Wildman–Crippen MR) is 154 cm³/mol. The summed E-state index contributed by atoms with van der Waals surface area (Å²) < 4.78 is 0. The topological polar surface area (TPSA) is 177 Å². The molecule has 0 saturated carbocycles. The van der Waals surface area contributed by atoms with Gasteiger partial charge in [0.1, 0.15) is 23.9 Å². The summed E-state index contributed by atoms with van der Waals surface area (Å²) in [5.41, 5.74) is 13.3. The van der Waals surface area contributed by atoms with E-state index in [-0.39, 0.29) is 30.4 Å². The van der Waals surface area contributed by atoms with E-state index in [4.69, 9.17) is 11.5 Å². The second kappa shape index (κ2) is 15.6. The Kier molecular flexibility index (Phi) is 12.6. The summed E-state index contributed by atoms with van der Waals surface area (Å²) in [5, 5.41) is 17.7. The van der Waals surface area contributed by atoms with E-state index in [0.717, 1.165) is 11.1 Å². The van der Waals surface area contributed by atoms with Gasteiger partial charge >= 0.3 is 0 Å². The molecule has 0 radical (unpaired) electrons. The zero-order chi connectivity index (χ0) is 29.8. The fourth-order valence-corrected chi connectivity index (χ4v) is 4.28. The van der Waals surface area contributed by atoms with E-state index in [1.54, 1.807) is 12.1 Å². The van der Waals surface area contributed by atoms with Crippen molar-refractivity contribution in [3.8, 4) is 5.75 Å². The highest BCUT2D eigenvalue weighted by Crippen LogP contribution is 2.13. The van der Waals surface area contributed by atoms with Crippen molar-refractivity contribution < 1.29 is 24.3 Å². The average molecular weight is 554 g/mol. The van der Waals surface area contributed by atoms with Gasteiger partial charge in [0.2, 0.25) is 23.6 Å². The Hall–Kier alpha value is -3.92. The molecule has 0 saturated heterocycles. The monoisotopic (exact) mass is 553 g/mol. The molecular weight excluding hydrogens is 510 g/mol. The molecule has 0 aromatic heterocycles. The smallest absolute Gasteiger partial charge is 0.243 e. The van der Waals surface area contributed by atoms with Crippen LogP contribution in [0.25, 0.3) is 0 Å². The summed E-state index contributed by atoms with van der Waals surface area (Å²) in [5.74, 6) is -2.01. The third kappa shape index (κ3) is 11.1. The van der Waals surface area contributed by atoms with Crippen LogP contribution in [0.3, 0.4) is 0 Å². The number of phenols is 1. The zero-order valence-corrected chi connectivity index (χ0v) is 23.7. The highest BCUT2D eigenvalue weighted by Gasteiger charge is 2.31. The first-order valence-electron chi connectivity index (χ1n) is 13.6. The fraction of sp³-hybridized carbons (Fsp3) is 0.467. The largest absolute Gasteiger partial charge is 0.508 e. The maximum absolute atomic E-state index is 13.4. The third-order valence-corrected chi connectivity index (χ3v) is 6.35. The Morgan fingerprint density at radius 1 is 0.675 bits per heavy atom. The summed E-state index contributed by atoms with van der Waals surface area (Å²) in [7, 11) is 0. The van der Waals surface area contributed by atoms with E-state index in [2.05, 4.69) is 16.0 Å². The number of primary amides is 1. The summed E-state index contributed by atoms with van der Waals surface area (Å²) in [6.07, 6.45) is 1.08. The second-order valence-corrected chi connectivity index (χ2v) is 11.0. The van der Waals surface area contributed by atoms with Gasteiger partial charge in [-0.2, -0.15) is 0 Å². The van der Waals surface area contributed by atoms with Crippen molar-refractivity contribution >= 4 is 23.6 Å². The van der Waals surface area contributed by atoms with Crippen LogP contribution in [0.5, 0.6) is 5.75 Å². The van der Waals surface area contributed by atoms with Crippen LogP contribution in [0.1, 0.15) is 51.7 Å². The SMILES string of the molecule is CC(C)C[C@H](NC(=O)[C@@H](CC(C)C)NC(=O)[C@@H](N)Cc1ccc(O)cc1)C(=O)N[C@@H](Cc1ccccc1)C(N)=O. The maximum atomic E-state index is 13.4. The molecule has 0 spiro atoms. The lowest BCUT2D eigenvalue weighted by Gasteiger charge is -2.27. The van der Waals surface area contributed by atoms with E-state index in [9.17, 15) is 24.3 Å². The van der Waals surface area contributed by atoms with Gasteiger partial charge in [0, 0.05) is 6.42 Å². The molecule has 10 nitrogen and oxygen atoms in total. The molecule has 2 aromatic carbocycles. The Bertz CT molecular complexity index is 1120. The van der Waals surface area contributed by atoms with E-state index in [1.807, 2.05) is 58.0 Å². The molecule has 0 aliphatic carbocycles. The van der Waals surface area contributed by atoms with Gasteiger partial charge in [-0.05, 0) is 54.4 Å². The predicted octanol–water partition coefficient (Wildman–Crippen LogP) is 1.54. The molecule has 2 aromatic rings. The fourth-order valence-electron chi connectivity index (χ4n) is 4.28. The van der Waals surface area contributed by atoms with Crippen molar-refractivity contribution in [1.29, 1.82) is 0 Å². The van der Waals surface area contributed by atoms with Crippen LogP contribution >= 0.6 is 0 Å². The number of carbonyl (C=O) groups excluding carboxylic acids is 4. The number of carbonyl (C=O) groups is 4. The number of nitrogens with two attached hydrogens (primary N) is 2. The van der Waals surface area contributed by atoms with Crippen LogP contribution in [-0.2, 0) is 32.0 Å². The van der Waals surface area contributed by atoms with Crippen molar-refractivity contribution in [2.45, 2.75) is 77.5 Å². The van der Waals surface area contributed by atoms with Gasteiger partial charge in [-0.3, -0.25) is 19.2 Å². The normalized spacial score (nSPS) is 14.2. The van der Waals surface area contributed by atoms with Gasteiger partial charge in [-0.25, -0.2) is 0 Å². The Morgan fingerprint density at radius 3 is 1.60 bits per heavy atom. The van der Waals surface area contributed by atoms with Crippen molar-refractivity contribution in [2.24, 2.45) is 23.3 Å². The first kappa shape index (κ1) is 32.3. The number of rotatable bonds is 15. The van der Waals surface area contributed by atoms with Gasteiger partial charge in [0.05, 0.1) is 6.04 Å². The minimum Gasteiger partial charge on any atom is -0.508 e. The van der Waals surface area contributed by atoms with Gasteiger partial charge in [-0.15, -0.1) is 0 Å². The summed E-state index contributed by atoms with van der Waals surface area (Å²) in [6.45, 7) is 7.67. The quantitative estimate of drug-likeness (QED) is 0.195. The number of aromatic hydroxyl groups is 1. The first-order valence-corrected chi connectivity index (χ1v) is 13.6. The molecule has 0 unspecified atom stereocenters.